The first-order valence-electron chi connectivity index (χ1n) is 6.68. The molecule has 0 aromatic heterocycles. The van der Waals surface area contributed by atoms with Crippen molar-refractivity contribution in [2.24, 2.45) is 0 Å². The Hall–Kier alpha value is -1.11. The zero-order chi connectivity index (χ0) is 14.4. The van der Waals surface area contributed by atoms with Crippen LogP contribution in [0, 0.1) is 5.82 Å². The lowest BCUT2D eigenvalue weighted by atomic mass is 10.3. The van der Waals surface area contributed by atoms with Crippen molar-refractivity contribution >= 4 is 17.7 Å². The number of carboxylic acid groups (broad SMARTS) is 1. The Balaban J connectivity index is 1.63. The molecule has 1 aliphatic heterocycles. The van der Waals surface area contributed by atoms with Crippen molar-refractivity contribution < 1.29 is 14.3 Å². The molecule has 2 rings (SSSR count). The number of benzene rings is 1. The molecular weight excluding hydrogens is 279 g/mol. The Morgan fingerprint density at radius 3 is 2.35 bits per heavy atom. The second kappa shape index (κ2) is 7.61. The third-order valence-corrected chi connectivity index (χ3v) is 4.31. The summed E-state index contributed by atoms with van der Waals surface area (Å²) in [6, 6.07) is 6.55. The normalized spacial score (nSPS) is 17.2. The van der Waals surface area contributed by atoms with E-state index in [0.717, 1.165) is 43.4 Å². The molecule has 0 aliphatic carbocycles. The largest absolute Gasteiger partial charge is 0.480 e. The van der Waals surface area contributed by atoms with Crippen LogP contribution in [0.4, 0.5) is 4.39 Å². The number of carbonyl (C=O) groups is 1. The van der Waals surface area contributed by atoms with Crippen molar-refractivity contribution in [3.8, 4) is 0 Å². The second-order valence-corrected chi connectivity index (χ2v) is 5.98. The zero-order valence-corrected chi connectivity index (χ0v) is 12.1. The van der Waals surface area contributed by atoms with Gasteiger partial charge in [0, 0.05) is 43.4 Å². The van der Waals surface area contributed by atoms with E-state index >= 15 is 0 Å². The number of halogens is 1. The monoisotopic (exact) mass is 298 g/mol. The molecule has 0 saturated carbocycles. The van der Waals surface area contributed by atoms with E-state index in [1.165, 1.54) is 12.1 Å². The van der Waals surface area contributed by atoms with Gasteiger partial charge in [0.1, 0.15) is 5.82 Å². The zero-order valence-electron chi connectivity index (χ0n) is 11.3. The summed E-state index contributed by atoms with van der Waals surface area (Å²) in [7, 11) is 0. The van der Waals surface area contributed by atoms with Gasteiger partial charge in [0.15, 0.2) is 0 Å². The molecule has 1 fully saturated rings. The van der Waals surface area contributed by atoms with E-state index in [0.29, 0.717) is 0 Å². The number of hydrogen-bond acceptors (Lipinski definition) is 4. The van der Waals surface area contributed by atoms with Crippen LogP contribution in [0.5, 0.6) is 0 Å². The van der Waals surface area contributed by atoms with Crippen LogP contribution < -0.4 is 0 Å². The molecule has 1 N–H and O–H groups in total. The third-order valence-electron chi connectivity index (χ3n) is 3.31. The number of aliphatic carboxylic acids is 1. The molecular formula is C14H19FN2O2S. The van der Waals surface area contributed by atoms with Crippen LogP contribution in [0.15, 0.2) is 29.2 Å². The van der Waals surface area contributed by atoms with Gasteiger partial charge in [-0.25, -0.2) is 4.39 Å². The highest BCUT2D eigenvalue weighted by Crippen LogP contribution is 2.18. The van der Waals surface area contributed by atoms with E-state index in [1.54, 1.807) is 23.9 Å². The summed E-state index contributed by atoms with van der Waals surface area (Å²) in [5.41, 5.74) is 0. The molecule has 0 radical (unpaired) electrons. The summed E-state index contributed by atoms with van der Waals surface area (Å²) < 4.78 is 12.8. The van der Waals surface area contributed by atoms with Crippen LogP contribution in [-0.2, 0) is 4.79 Å². The SMILES string of the molecule is O=C(O)CN1CCN(CCSc2ccc(F)cc2)CC1. The fraction of sp³-hybridized carbons (Fsp3) is 0.500. The first-order chi connectivity index (χ1) is 9.63. The summed E-state index contributed by atoms with van der Waals surface area (Å²) in [5, 5.41) is 8.73. The van der Waals surface area contributed by atoms with E-state index in [9.17, 15) is 9.18 Å². The first kappa shape index (κ1) is 15.3. The predicted molar refractivity (Wildman–Crippen MR) is 77.6 cm³/mol. The summed E-state index contributed by atoms with van der Waals surface area (Å²) in [6.07, 6.45) is 0. The fourth-order valence-electron chi connectivity index (χ4n) is 2.19. The summed E-state index contributed by atoms with van der Waals surface area (Å²) in [4.78, 5) is 16.0. The molecule has 1 aromatic rings. The number of nitrogens with zero attached hydrogens (tertiary/aromatic N) is 2. The number of thioether (sulfide) groups is 1. The number of hydrogen-bond donors (Lipinski definition) is 1. The number of rotatable bonds is 6. The van der Waals surface area contributed by atoms with Gasteiger partial charge in [-0.15, -0.1) is 11.8 Å². The average Bonchev–Trinajstić information content (AvgIpc) is 2.42. The topological polar surface area (TPSA) is 43.8 Å². The first-order valence-corrected chi connectivity index (χ1v) is 7.67. The van der Waals surface area contributed by atoms with E-state index in [-0.39, 0.29) is 12.4 Å². The van der Waals surface area contributed by atoms with Gasteiger partial charge in [0.25, 0.3) is 0 Å². The third kappa shape index (κ3) is 5.11. The van der Waals surface area contributed by atoms with E-state index < -0.39 is 5.97 Å². The summed E-state index contributed by atoms with van der Waals surface area (Å²) in [6.45, 7) is 4.57. The van der Waals surface area contributed by atoms with Crippen molar-refractivity contribution in [3.63, 3.8) is 0 Å². The van der Waals surface area contributed by atoms with E-state index in [1.807, 2.05) is 4.90 Å². The minimum atomic E-state index is -0.759. The smallest absolute Gasteiger partial charge is 0.317 e. The highest BCUT2D eigenvalue weighted by molar-refractivity contribution is 7.99. The predicted octanol–water partition coefficient (Wildman–Crippen LogP) is 1.62. The molecule has 0 amide bonds. The molecule has 1 aliphatic rings. The van der Waals surface area contributed by atoms with Crippen LogP contribution in [0.1, 0.15) is 0 Å². The van der Waals surface area contributed by atoms with Crippen molar-refractivity contribution in [2.75, 3.05) is 45.0 Å². The summed E-state index contributed by atoms with van der Waals surface area (Å²) in [5.74, 6) is -0.000827. The minimum absolute atomic E-state index is 0.137. The fourth-order valence-corrected chi connectivity index (χ4v) is 3.10. The Labute approximate surface area is 122 Å². The number of carboxylic acids is 1. The molecule has 1 heterocycles. The van der Waals surface area contributed by atoms with Gasteiger partial charge < -0.3 is 5.11 Å². The molecule has 0 bridgehead atoms. The van der Waals surface area contributed by atoms with Crippen LogP contribution >= 0.6 is 11.8 Å². The molecule has 4 nitrogen and oxygen atoms in total. The molecule has 0 unspecified atom stereocenters. The van der Waals surface area contributed by atoms with Crippen LogP contribution in [0.2, 0.25) is 0 Å². The maximum Gasteiger partial charge on any atom is 0.317 e. The van der Waals surface area contributed by atoms with Gasteiger partial charge >= 0.3 is 5.97 Å². The Morgan fingerprint density at radius 1 is 1.15 bits per heavy atom. The van der Waals surface area contributed by atoms with Gasteiger partial charge in [0.05, 0.1) is 6.54 Å². The van der Waals surface area contributed by atoms with Gasteiger partial charge in [-0.3, -0.25) is 14.6 Å². The van der Waals surface area contributed by atoms with Crippen LogP contribution in [0.25, 0.3) is 0 Å². The lowest BCUT2D eigenvalue weighted by molar-refractivity contribution is -0.138. The molecule has 110 valence electrons. The van der Waals surface area contributed by atoms with Gasteiger partial charge in [-0.1, -0.05) is 0 Å². The maximum atomic E-state index is 12.8. The average molecular weight is 298 g/mol. The van der Waals surface area contributed by atoms with E-state index in [2.05, 4.69) is 4.90 Å². The van der Waals surface area contributed by atoms with Crippen LogP contribution in [0.3, 0.4) is 0 Å². The quantitative estimate of drug-likeness (QED) is 0.809. The lowest BCUT2D eigenvalue weighted by Gasteiger charge is -2.33. The minimum Gasteiger partial charge on any atom is -0.480 e. The molecule has 0 spiro atoms. The maximum absolute atomic E-state index is 12.8. The Bertz CT molecular complexity index is 433. The molecule has 20 heavy (non-hydrogen) atoms. The molecule has 1 aromatic carbocycles. The van der Waals surface area contributed by atoms with Crippen LogP contribution in [-0.4, -0.2) is 65.9 Å². The standard InChI is InChI=1S/C14H19FN2O2S/c15-12-1-3-13(4-2-12)20-10-9-16-5-7-17(8-6-16)11-14(18)19/h1-4H,5-11H2,(H,18,19). The molecule has 1 saturated heterocycles. The van der Waals surface area contributed by atoms with Crippen molar-refractivity contribution in [2.45, 2.75) is 4.90 Å². The van der Waals surface area contributed by atoms with Gasteiger partial charge in [-0.2, -0.15) is 0 Å². The highest BCUT2D eigenvalue weighted by atomic mass is 32.2. The van der Waals surface area contributed by atoms with Crippen molar-refractivity contribution in [1.29, 1.82) is 0 Å². The Kier molecular flexibility index (Phi) is 5.82. The van der Waals surface area contributed by atoms with E-state index in [4.69, 9.17) is 5.11 Å². The summed E-state index contributed by atoms with van der Waals surface area (Å²) >= 11 is 1.72. The number of piperazine rings is 1. The Morgan fingerprint density at radius 2 is 1.75 bits per heavy atom. The lowest BCUT2D eigenvalue weighted by Crippen LogP contribution is -2.48. The van der Waals surface area contributed by atoms with Gasteiger partial charge in [0.2, 0.25) is 0 Å². The highest BCUT2D eigenvalue weighted by Gasteiger charge is 2.18. The molecule has 0 atom stereocenters. The second-order valence-electron chi connectivity index (χ2n) is 4.81. The van der Waals surface area contributed by atoms with Crippen molar-refractivity contribution in [1.82, 2.24) is 9.80 Å². The van der Waals surface area contributed by atoms with Crippen molar-refractivity contribution in [3.05, 3.63) is 30.1 Å². The molecule has 6 heteroatoms. The van der Waals surface area contributed by atoms with Gasteiger partial charge in [-0.05, 0) is 24.3 Å².